The maximum atomic E-state index is 13.4. The first kappa shape index (κ1) is 25.6. The van der Waals surface area contributed by atoms with Crippen LogP contribution in [-0.4, -0.2) is 79.1 Å². The maximum absolute atomic E-state index is 13.4. The van der Waals surface area contributed by atoms with Gasteiger partial charge in [-0.05, 0) is 49.5 Å². The smallest absolute Gasteiger partial charge is 0.339 e. The lowest BCUT2D eigenvalue weighted by Gasteiger charge is -2.31. The lowest BCUT2D eigenvalue weighted by atomic mass is 9.91. The number of hydrogen-bond donors (Lipinski definition) is 2. The van der Waals surface area contributed by atoms with Crippen molar-refractivity contribution < 1.29 is 33.7 Å². The highest BCUT2D eigenvalue weighted by molar-refractivity contribution is 5.97. The Bertz CT molecular complexity index is 1110. The van der Waals surface area contributed by atoms with Crippen molar-refractivity contribution in [2.45, 2.75) is 56.2 Å². The fourth-order valence-electron chi connectivity index (χ4n) is 5.19. The molecule has 4 aliphatic rings. The van der Waals surface area contributed by atoms with Gasteiger partial charge in [-0.2, -0.15) is 0 Å². The van der Waals surface area contributed by atoms with Crippen molar-refractivity contribution in [3.8, 4) is 0 Å². The number of benzene rings is 1. The Morgan fingerprint density at radius 1 is 1.14 bits per heavy atom. The van der Waals surface area contributed by atoms with Crippen LogP contribution < -0.4 is 5.32 Å². The molecule has 2 N–H and O–H groups in total. The summed E-state index contributed by atoms with van der Waals surface area (Å²) < 4.78 is 19.2. The van der Waals surface area contributed by atoms with E-state index in [1.54, 1.807) is 50.5 Å². The molecule has 3 fully saturated rings. The Morgan fingerprint density at radius 2 is 1.84 bits per heavy atom. The fourth-order valence-corrected chi connectivity index (χ4v) is 5.19. The second-order valence-corrected chi connectivity index (χ2v) is 10.4. The zero-order chi connectivity index (χ0) is 26.2. The molecule has 5 rings (SSSR count). The second kappa shape index (κ2) is 10.4. The van der Waals surface area contributed by atoms with Gasteiger partial charge in [-0.1, -0.05) is 18.2 Å². The monoisotopic (exact) mass is 510 g/mol. The number of carbonyl (C=O) groups excluding carboxylic acids is 3. The maximum Gasteiger partial charge on any atom is 0.339 e. The molecule has 1 saturated heterocycles. The van der Waals surface area contributed by atoms with E-state index in [1.165, 1.54) is 11.0 Å². The van der Waals surface area contributed by atoms with Crippen LogP contribution in [0.2, 0.25) is 0 Å². The summed E-state index contributed by atoms with van der Waals surface area (Å²) in [5.41, 5.74) is 1.32. The summed E-state index contributed by atoms with van der Waals surface area (Å²) >= 11 is 0. The molecule has 0 spiro atoms. The summed E-state index contributed by atoms with van der Waals surface area (Å²) in [5.74, 6) is -1.12. The van der Waals surface area contributed by atoms with Crippen LogP contribution in [0.1, 0.15) is 48.0 Å². The number of aliphatic hydroxyl groups excluding tert-OH is 1. The third-order valence-corrected chi connectivity index (χ3v) is 7.38. The number of rotatable bonds is 9. The van der Waals surface area contributed by atoms with Gasteiger partial charge in [0.25, 0.3) is 0 Å². The molecule has 198 valence electrons. The average molecular weight is 511 g/mol. The van der Waals surface area contributed by atoms with E-state index in [2.05, 4.69) is 5.32 Å². The standard InChI is InChI=1S/C28H34N2O7/c1-30(2)24(32)12-7-17-5-3-4-6-21(17)27(34)35-22-15-18(26(33)29-13-14-31)16-23-25(22)37-28(36-23,19-8-9-19)20-10-11-20/h3-7,12,16,19-20,22-23,25,31H,8-11,13-15H2,1-2H3,(H,29,33). The molecule has 2 amide bonds. The molecule has 3 atom stereocenters. The molecule has 1 aliphatic heterocycles. The minimum atomic E-state index is -0.725. The van der Waals surface area contributed by atoms with Gasteiger partial charge < -0.3 is 29.5 Å². The van der Waals surface area contributed by atoms with Gasteiger partial charge in [0.05, 0.1) is 12.2 Å². The predicted molar refractivity (Wildman–Crippen MR) is 134 cm³/mol. The average Bonchev–Trinajstić information content (AvgIpc) is 3.82. The van der Waals surface area contributed by atoms with E-state index in [0.29, 0.717) is 28.5 Å². The van der Waals surface area contributed by atoms with E-state index >= 15 is 0 Å². The number of carbonyl (C=O) groups is 3. The van der Waals surface area contributed by atoms with Crippen LogP contribution in [0.25, 0.3) is 6.08 Å². The SMILES string of the molecule is CN(C)C(=O)C=Cc1ccccc1C(=O)OC1CC(C(=O)NCCO)=CC2OC(C3CC3)(C3CC3)OC21. The number of fused-ring (bicyclic) bond motifs is 1. The summed E-state index contributed by atoms with van der Waals surface area (Å²) in [6.07, 6.45) is 7.38. The molecule has 1 heterocycles. The van der Waals surface area contributed by atoms with Crippen LogP contribution >= 0.6 is 0 Å². The molecule has 0 bridgehead atoms. The zero-order valence-corrected chi connectivity index (χ0v) is 21.2. The quantitative estimate of drug-likeness (QED) is 0.386. The number of nitrogens with one attached hydrogen (secondary N) is 1. The Morgan fingerprint density at radius 3 is 2.49 bits per heavy atom. The highest BCUT2D eigenvalue weighted by atomic mass is 16.8. The molecule has 0 radical (unpaired) electrons. The highest BCUT2D eigenvalue weighted by Crippen LogP contribution is 2.59. The first-order valence-electron chi connectivity index (χ1n) is 13.0. The Hall–Kier alpha value is -3.01. The summed E-state index contributed by atoms with van der Waals surface area (Å²) in [6.45, 7) is -0.0399. The van der Waals surface area contributed by atoms with Crippen molar-refractivity contribution in [2.24, 2.45) is 11.8 Å². The van der Waals surface area contributed by atoms with Crippen LogP contribution in [0.15, 0.2) is 42.0 Å². The molecule has 2 saturated carbocycles. The van der Waals surface area contributed by atoms with Crippen molar-refractivity contribution in [3.05, 3.63) is 53.1 Å². The Balaban J connectivity index is 1.39. The minimum absolute atomic E-state index is 0.131. The molecule has 1 aromatic carbocycles. The molecule has 37 heavy (non-hydrogen) atoms. The summed E-state index contributed by atoms with van der Waals surface area (Å²) in [7, 11) is 3.31. The molecular weight excluding hydrogens is 476 g/mol. The lowest BCUT2D eigenvalue weighted by Crippen LogP contribution is -2.44. The number of aliphatic hydroxyl groups is 1. The summed E-state index contributed by atoms with van der Waals surface area (Å²) in [4.78, 5) is 39.7. The van der Waals surface area contributed by atoms with E-state index in [4.69, 9.17) is 19.3 Å². The van der Waals surface area contributed by atoms with E-state index in [9.17, 15) is 14.4 Å². The van der Waals surface area contributed by atoms with E-state index < -0.39 is 30.1 Å². The van der Waals surface area contributed by atoms with Crippen molar-refractivity contribution in [1.29, 1.82) is 0 Å². The van der Waals surface area contributed by atoms with Gasteiger partial charge >= 0.3 is 5.97 Å². The van der Waals surface area contributed by atoms with Gasteiger partial charge in [-0.15, -0.1) is 0 Å². The van der Waals surface area contributed by atoms with Gasteiger partial charge in [-0.3, -0.25) is 9.59 Å². The van der Waals surface area contributed by atoms with E-state index in [-0.39, 0.29) is 31.4 Å². The molecule has 1 aromatic rings. The predicted octanol–water partition coefficient (Wildman–Crippen LogP) is 2.05. The van der Waals surface area contributed by atoms with Crippen LogP contribution in [0.5, 0.6) is 0 Å². The number of ether oxygens (including phenoxy) is 3. The summed E-state index contributed by atoms with van der Waals surface area (Å²) in [5, 5.41) is 11.8. The first-order valence-corrected chi connectivity index (χ1v) is 13.0. The third-order valence-electron chi connectivity index (χ3n) is 7.38. The normalized spacial score (nSPS) is 26.4. The van der Waals surface area contributed by atoms with Gasteiger partial charge in [0, 0.05) is 50.5 Å². The molecule has 9 heteroatoms. The highest BCUT2D eigenvalue weighted by Gasteiger charge is 2.64. The molecule has 0 aromatic heterocycles. The minimum Gasteiger partial charge on any atom is -0.456 e. The van der Waals surface area contributed by atoms with Crippen LogP contribution in [0, 0.1) is 11.8 Å². The largest absolute Gasteiger partial charge is 0.456 e. The van der Waals surface area contributed by atoms with Gasteiger partial charge in [-0.25, -0.2) is 4.79 Å². The fraction of sp³-hybridized carbons (Fsp3) is 0.536. The van der Waals surface area contributed by atoms with Crippen LogP contribution in [0.3, 0.4) is 0 Å². The number of hydrogen-bond acceptors (Lipinski definition) is 7. The first-order chi connectivity index (χ1) is 17.8. The number of esters is 1. The number of nitrogens with zero attached hydrogens (tertiary/aromatic N) is 1. The number of amides is 2. The topological polar surface area (TPSA) is 114 Å². The van der Waals surface area contributed by atoms with Crippen LogP contribution in [0.4, 0.5) is 0 Å². The van der Waals surface area contributed by atoms with Gasteiger partial charge in [0.1, 0.15) is 18.3 Å². The lowest BCUT2D eigenvalue weighted by molar-refractivity contribution is -0.209. The second-order valence-electron chi connectivity index (χ2n) is 10.4. The zero-order valence-electron chi connectivity index (χ0n) is 21.2. The van der Waals surface area contributed by atoms with Crippen LogP contribution in [-0.2, 0) is 23.8 Å². The van der Waals surface area contributed by atoms with Gasteiger partial charge in [0.2, 0.25) is 11.8 Å². The third kappa shape index (κ3) is 5.35. The Labute approximate surface area is 216 Å². The van der Waals surface area contributed by atoms with Gasteiger partial charge in [0.15, 0.2) is 5.79 Å². The van der Waals surface area contributed by atoms with Crippen molar-refractivity contribution >= 4 is 23.9 Å². The molecular formula is C28H34N2O7. The molecule has 3 aliphatic carbocycles. The van der Waals surface area contributed by atoms with E-state index in [0.717, 1.165) is 25.7 Å². The number of likely N-dealkylation sites (N-methyl/N-ethyl adjacent to an activating group) is 1. The van der Waals surface area contributed by atoms with Crippen molar-refractivity contribution in [1.82, 2.24) is 10.2 Å². The molecule has 9 nitrogen and oxygen atoms in total. The molecule has 3 unspecified atom stereocenters. The summed E-state index contributed by atoms with van der Waals surface area (Å²) in [6, 6.07) is 6.91. The van der Waals surface area contributed by atoms with E-state index in [1.807, 2.05) is 0 Å². The van der Waals surface area contributed by atoms with Crippen molar-refractivity contribution in [3.63, 3.8) is 0 Å². The Kier molecular flexibility index (Phi) is 7.20. The van der Waals surface area contributed by atoms with Crippen molar-refractivity contribution in [2.75, 3.05) is 27.2 Å².